The fourth-order valence-electron chi connectivity index (χ4n) is 1.57. The van der Waals surface area contributed by atoms with Crippen molar-refractivity contribution in [1.82, 2.24) is 4.83 Å². The highest BCUT2D eigenvalue weighted by molar-refractivity contribution is 7.89. The van der Waals surface area contributed by atoms with Crippen LogP contribution in [0.5, 0.6) is 11.5 Å². The van der Waals surface area contributed by atoms with Crippen molar-refractivity contribution in [2.45, 2.75) is 4.90 Å². The fourth-order valence-corrected chi connectivity index (χ4v) is 2.54. The summed E-state index contributed by atoms with van der Waals surface area (Å²) in [5.74, 6) is 1.01. The number of hydrogen-bond acceptors (Lipinski definition) is 6. The Morgan fingerprint density at radius 3 is 2.67 bits per heavy atom. The molecule has 0 spiro atoms. The van der Waals surface area contributed by atoms with E-state index >= 15 is 0 Å². The molecule has 0 aliphatic carbocycles. The molecular weight excluding hydrogens is 296 g/mol. The van der Waals surface area contributed by atoms with Crippen molar-refractivity contribution < 1.29 is 22.3 Å². The third-order valence-electron chi connectivity index (χ3n) is 2.57. The Kier molecular flexibility index (Phi) is 4.49. The van der Waals surface area contributed by atoms with Crippen molar-refractivity contribution in [3.05, 3.63) is 42.4 Å². The average molecular weight is 310 g/mol. The van der Waals surface area contributed by atoms with Gasteiger partial charge < -0.3 is 13.9 Å². The van der Waals surface area contributed by atoms with E-state index in [9.17, 15) is 8.42 Å². The number of rotatable bonds is 6. The van der Waals surface area contributed by atoms with E-state index in [1.54, 1.807) is 18.2 Å². The molecule has 1 aromatic heterocycles. The summed E-state index contributed by atoms with van der Waals surface area (Å²) in [4.78, 5) is 2.02. The molecule has 0 saturated carbocycles. The molecule has 0 aliphatic rings. The van der Waals surface area contributed by atoms with Crippen LogP contribution in [0.1, 0.15) is 5.76 Å². The first kappa shape index (κ1) is 14.9. The quantitative estimate of drug-likeness (QED) is 0.646. The second kappa shape index (κ2) is 6.31. The van der Waals surface area contributed by atoms with Crippen LogP contribution >= 0.6 is 0 Å². The van der Waals surface area contributed by atoms with Gasteiger partial charge in [0.2, 0.25) is 0 Å². The van der Waals surface area contributed by atoms with Gasteiger partial charge in [0.15, 0.2) is 0 Å². The molecule has 0 unspecified atom stereocenters. The van der Waals surface area contributed by atoms with E-state index in [0.717, 1.165) is 0 Å². The van der Waals surface area contributed by atoms with Crippen LogP contribution in [-0.4, -0.2) is 28.9 Å². The zero-order chi connectivity index (χ0) is 15.3. The minimum absolute atomic E-state index is 0.0686. The summed E-state index contributed by atoms with van der Waals surface area (Å²) in [5, 5.41) is 3.64. The number of benzene rings is 1. The molecule has 1 heterocycles. The highest BCUT2D eigenvalue weighted by Crippen LogP contribution is 2.27. The minimum atomic E-state index is -3.88. The summed E-state index contributed by atoms with van der Waals surface area (Å²) in [6.07, 6.45) is 2.71. The zero-order valence-electron chi connectivity index (χ0n) is 11.4. The topological polar surface area (TPSA) is 90.1 Å². The van der Waals surface area contributed by atoms with Gasteiger partial charge in [-0.05, 0) is 24.3 Å². The first-order chi connectivity index (χ1) is 10.1. The lowest BCUT2D eigenvalue weighted by molar-refractivity contribution is 0.392. The lowest BCUT2D eigenvalue weighted by Gasteiger charge is -2.10. The van der Waals surface area contributed by atoms with E-state index in [-0.39, 0.29) is 10.6 Å². The molecule has 8 heteroatoms. The van der Waals surface area contributed by atoms with Gasteiger partial charge in [0.05, 0.1) is 26.7 Å². The highest BCUT2D eigenvalue weighted by Gasteiger charge is 2.19. The third-order valence-corrected chi connectivity index (χ3v) is 3.81. The number of hydrazone groups is 1. The maximum Gasteiger partial charge on any atom is 0.280 e. The third kappa shape index (κ3) is 3.54. The summed E-state index contributed by atoms with van der Waals surface area (Å²) < 4.78 is 39.5. The molecule has 2 aromatic rings. The summed E-state index contributed by atoms with van der Waals surface area (Å²) in [6, 6.07) is 7.77. The lowest BCUT2D eigenvalue weighted by Crippen LogP contribution is -2.19. The maximum atomic E-state index is 12.2. The van der Waals surface area contributed by atoms with Crippen LogP contribution in [0.15, 0.2) is 51.0 Å². The Morgan fingerprint density at radius 2 is 2.05 bits per heavy atom. The SMILES string of the molecule is COc1ccc(OC)c(S(=O)(=O)N/N=C/c2ccco2)c1. The van der Waals surface area contributed by atoms with E-state index in [1.807, 2.05) is 0 Å². The number of methoxy groups -OCH3 is 2. The lowest BCUT2D eigenvalue weighted by atomic mass is 10.3. The fraction of sp³-hybridized carbons (Fsp3) is 0.154. The van der Waals surface area contributed by atoms with Gasteiger partial charge in [-0.1, -0.05) is 0 Å². The molecule has 0 aliphatic heterocycles. The predicted octanol–water partition coefficient (Wildman–Crippen LogP) is 1.61. The molecule has 21 heavy (non-hydrogen) atoms. The standard InChI is InChI=1S/C13H14N2O5S/c1-18-10-5-6-12(19-2)13(8-10)21(16,17)15-14-9-11-4-3-7-20-11/h3-9,15H,1-2H3/b14-9+. The predicted molar refractivity (Wildman–Crippen MR) is 76.2 cm³/mol. The van der Waals surface area contributed by atoms with Gasteiger partial charge in [0.25, 0.3) is 10.0 Å². The van der Waals surface area contributed by atoms with Crippen LogP contribution in [0.2, 0.25) is 0 Å². The Morgan fingerprint density at radius 1 is 1.24 bits per heavy atom. The number of nitrogens with zero attached hydrogens (tertiary/aromatic N) is 1. The molecule has 112 valence electrons. The molecule has 7 nitrogen and oxygen atoms in total. The van der Waals surface area contributed by atoms with Crippen LogP contribution in [-0.2, 0) is 10.0 Å². The Bertz CT molecular complexity index is 723. The smallest absolute Gasteiger partial charge is 0.280 e. The van der Waals surface area contributed by atoms with Crippen molar-refractivity contribution in [3.8, 4) is 11.5 Å². The van der Waals surface area contributed by atoms with Crippen LogP contribution in [0.3, 0.4) is 0 Å². The molecule has 0 atom stereocenters. The van der Waals surface area contributed by atoms with E-state index in [1.165, 1.54) is 38.8 Å². The van der Waals surface area contributed by atoms with E-state index in [0.29, 0.717) is 11.5 Å². The molecule has 2 rings (SSSR count). The van der Waals surface area contributed by atoms with Crippen molar-refractivity contribution in [2.24, 2.45) is 5.10 Å². The first-order valence-corrected chi connectivity index (χ1v) is 7.35. The van der Waals surface area contributed by atoms with Crippen molar-refractivity contribution >= 4 is 16.2 Å². The Hall–Kier alpha value is -2.48. The summed E-state index contributed by atoms with van der Waals surface area (Å²) >= 11 is 0. The van der Waals surface area contributed by atoms with Gasteiger partial charge in [-0.3, -0.25) is 0 Å². The number of nitrogens with one attached hydrogen (secondary N) is 1. The molecule has 0 radical (unpaired) electrons. The van der Waals surface area contributed by atoms with Crippen LogP contribution in [0.25, 0.3) is 0 Å². The summed E-state index contributed by atoms with van der Waals surface area (Å²) in [5.41, 5.74) is 0. The highest BCUT2D eigenvalue weighted by atomic mass is 32.2. The number of sulfonamides is 1. The zero-order valence-corrected chi connectivity index (χ0v) is 12.3. The van der Waals surface area contributed by atoms with Gasteiger partial charge >= 0.3 is 0 Å². The minimum Gasteiger partial charge on any atom is -0.497 e. The van der Waals surface area contributed by atoms with Gasteiger partial charge in [0.1, 0.15) is 22.2 Å². The second-order valence-corrected chi connectivity index (χ2v) is 5.51. The van der Waals surface area contributed by atoms with Gasteiger partial charge in [0, 0.05) is 6.07 Å². The van der Waals surface area contributed by atoms with Crippen LogP contribution in [0.4, 0.5) is 0 Å². The van der Waals surface area contributed by atoms with Crippen LogP contribution in [0, 0.1) is 0 Å². The second-order valence-electron chi connectivity index (χ2n) is 3.89. The maximum absolute atomic E-state index is 12.2. The summed E-state index contributed by atoms with van der Waals surface area (Å²) in [6.45, 7) is 0. The van der Waals surface area contributed by atoms with Crippen molar-refractivity contribution in [2.75, 3.05) is 14.2 Å². The average Bonchev–Trinajstić information content (AvgIpc) is 2.99. The van der Waals surface area contributed by atoms with E-state index in [4.69, 9.17) is 13.9 Å². The Labute approximate surface area is 122 Å². The van der Waals surface area contributed by atoms with Crippen molar-refractivity contribution in [3.63, 3.8) is 0 Å². The molecule has 1 N–H and O–H groups in total. The largest absolute Gasteiger partial charge is 0.497 e. The van der Waals surface area contributed by atoms with Crippen molar-refractivity contribution in [1.29, 1.82) is 0 Å². The molecule has 0 saturated heterocycles. The first-order valence-electron chi connectivity index (χ1n) is 5.87. The van der Waals surface area contributed by atoms with E-state index < -0.39 is 10.0 Å². The van der Waals surface area contributed by atoms with Crippen LogP contribution < -0.4 is 14.3 Å². The van der Waals surface area contributed by atoms with Gasteiger partial charge in [-0.25, -0.2) is 0 Å². The normalized spacial score (nSPS) is 11.5. The Balaban J connectivity index is 2.26. The van der Waals surface area contributed by atoms with Gasteiger partial charge in [-0.15, -0.1) is 0 Å². The number of ether oxygens (including phenoxy) is 2. The number of hydrogen-bond donors (Lipinski definition) is 1. The van der Waals surface area contributed by atoms with E-state index in [2.05, 4.69) is 9.93 Å². The van der Waals surface area contributed by atoms with Gasteiger partial charge in [-0.2, -0.15) is 18.4 Å². The molecule has 0 amide bonds. The summed E-state index contributed by atoms with van der Waals surface area (Å²) in [7, 11) is -1.06. The molecular formula is C13H14N2O5S. The molecule has 0 fully saturated rings. The molecule has 1 aromatic carbocycles. The number of furan rings is 1. The molecule has 0 bridgehead atoms. The monoisotopic (exact) mass is 310 g/mol.